The summed E-state index contributed by atoms with van der Waals surface area (Å²) < 4.78 is 12.9. The fourth-order valence-corrected chi connectivity index (χ4v) is 1.43. The number of nitrogens with two attached hydrogens (primary N) is 1. The van der Waals surface area contributed by atoms with Crippen LogP contribution in [0.5, 0.6) is 0 Å². The Balaban J connectivity index is 3.33. The number of hydrazine groups is 1. The van der Waals surface area contributed by atoms with Crippen LogP contribution in [0.1, 0.15) is 10.4 Å². The highest BCUT2D eigenvalue weighted by Gasteiger charge is 2.15. The van der Waals surface area contributed by atoms with Crippen LogP contribution in [0.4, 0.5) is 4.39 Å². The van der Waals surface area contributed by atoms with Gasteiger partial charge in [-0.3, -0.25) is 10.2 Å². The van der Waals surface area contributed by atoms with Crippen molar-refractivity contribution in [2.75, 3.05) is 0 Å². The van der Waals surface area contributed by atoms with Crippen LogP contribution >= 0.6 is 24.2 Å². The van der Waals surface area contributed by atoms with Crippen LogP contribution in [0.3, 0.4) is 0 Å². The Hall–Kier alpha value is -0.780. The first-order valence-corrected chi connectivity index (χ1v) is 4.08. The molecule has 1 aromatic rings. The van der Waals surface area contributed by atoms with Crippen LogP contribution in [-0.2, 0) is 0 Å². The summed E-state index contributed by atoms with van der Waals surface area (Å²) in [5.41, 5.74) is 1.79. The predicted octanol–water partition coefficient (Wildman–Crippen LogP) is 1.37. The number of hydrogen-bond donors (Lipinski definition) is 3. The topological polar surface area (TPSA) is 55.1 Å². The van der Waals surface area contributed by atoms with Crippen LogP contribution in [0.2, 0.25) is 5.02 Å². The summed E-state index contributed by atoms with van der Waals surface area (Å²) in [6.07, 6.45) is 0. The van der Waals surface area contributed by atoms with Gasteiger partial charge in [0.15, 0.2) is 0 Å². The molecule has 0 aliphatic rings. The molecular weight excluding hydrogens is 215 g/mol. The van der Waals surface area contributed by atoms with E-state index in [1.54, 1.807) is 0 Å². The van der Waals surface area contributed by atoms with Gasteiger partial charge in [0, 0.05) is 4.90 Å². The smallest absolute Gasteiger partial charge is 0.267 e. The monoisotopic (exact) mass is 220 g/mol. The van der Waals surface area contributed by atoms with E-state index in [0.717, 1.165) is 6.07 Å². The van der Waals surface area contributed by atoms with Crippen molar-refractivity contribution >= 4 is 30.1 Å². The first-order valence-electron chi connectivity index (χ1n) is 3.26. The molecule has 1 amide bonds. The highest BCUT2D eigenvalue weighted by atomic mass is 35.5. The minimum atomic E-state index is -0.682. The van der Waals surface area contributed by atoms with Gasteiger partial charge in [0.2, 0.25) is 0 Å². The van der Waals surface area contributed by atoms with E-state index >= 15 is 0 Å². The third kappa shape index (κ3) is 1.93. The average Bonchev–Trinajstić information content (AvgIpc) is 2.12. The maximum atomic E-state index is 12.9. The van der Waals surface area contributed by atoms with Crippen molar-refractivity contribution in [2.45, 2.75) is 4.90 Å². The van der Waals surface area contributed by atoms with E-state index in [0.29, 0.717) is 0 Å². The standard InChI is InChI=1S/C7H6ClFN2OS/c8-6-3(9)1-2-4(13)5(6)7(12)11-10/h1-2,13H,10H2,(H,11,12). The number of nitrogens with one attached hydrogen (secondary N) is 1. The molecule has 6 heteroatoms. The van der Waals surface area contributed by atoms with Crippen LogP contribution in [0.25, 0.3) is 0 Å². The Labute approximate surface area is 84.4 Å². The van der Waals surface area contributed by atoms with Crippen molar-refractivity contribution in [1.29, 1.82) is 0 Å². The minimum absolute atomic E-state index is 0.0625. The molecular formula is C7H6ClFN2OS. The van der Waals surface area contributed by atoms with Crippen molar-refractivity contribution in [1.82, 2.24) is 5.43 Å². The average molecular weight is 221 g/mol. The third-order valence-electron chi connectivity index (χ3n) is 1.43. The Morgan fingerprint density at radius 2 is 2.23 bits per heavy atom. The fraction of sp³-hybridized carbons (Fsp3) is 0. The third-order valence-corrected chi connectivity index (χ3v) is 2.17. The maximum Gasteiger partial charge on any atom is 0.267 e. The Bertz CT molecular complexity index is 359. The van der Waals surface area contributed by atoms with E-state index in [4.69, 9.17) is 17.4 Å². The lowest BCUT2D eigenvalue weighted by molar-refractivity contribution is 0.0950. The normalized spacial score (nSPS) is 9.85. The van der Waals surface area contributed by atoms with Crippen molar-refractivity contribution < 1.29 is 9.18 Å². The number of halogens is 2. The molecule has 0 saturated heterocycles. The molecule has 13 heavy (non-hydrogen) atoms. The quantitative estimate of drug-likeness (QED) is 0.290. The van der Waals surface area contributed by atoms with Crippen LogP contribution in [0, 0.1) is 5.82 Å². The van der Waals surface area contributed by atoms with Crippen molar-refractivity contribution in [3.8, 4) is 0 Å². The summed E-state index contributed by atoms with van der Waals surface area (Å²) in [6.45, 7) is 0. The van der Waals surface area contributed by atoms with Gasteiger partial charge in [-0.25, -0.2) is 10.2 Å². The molecule has 0 fully saturated rings. The van der Waals surface area contributed by atoms with Gasteiger partial charge in [-0.15, -0.1) is 12.6 Å². The number of amides is 1. The predicted molar refractivity (Wildman–Crippen MR) is 50.3 cm³/mol. The van der Waals surface area contributed by atoms with E-state index < -0.39 is 11.7 Å². The number of benzene rings is 1. The van der Waals surface area contributed by atoms with Gasteiger partial charge in [-0.05, 0) is 12.1 Å². The van der Waals surface area contributed by atoms with Gasteiger partial charge in [0.25, 0.3) is 5.91 Å². The molecule has 3 N–H and O–H groups in total. The zero-order valence-corrected chi connectivity index (χ0v) is 7.99. The molecule has 1 rings (SSSR count). The molecule has 0 heterocycles. The Morgan fingerprint density at radius 1 is 1.62 bits per heavy atom. The van der Waals surface area contributed by atoms with Gasteiger partial charge in [-0.2, -0.15) is 0 Å². The lowest BCUT2D eigenvalue weighted by Gasteiger charge is -2.05. The van der Waals surface area contributed by atoms with Crippen LogP contribution in [0.15, 0.2) is 17.0 Å². The molecule has 0 spiro atoms. The van der Waals surface area contributed by atoms with E-state index in [2.05, 4.69) is 12.6 Å². The molecule has 3 nitrogen and oxygen atoms in total. The van der Waals surface area contributed by atoms with Crippen molar-refractivity contribution in [3.05, 3.63) is 28.5 Å². The van der Waals surface area contributed by atoms with Gasteiger partial charge >= 0.3 is 0 Å². The summed E-state index contributed by atoms with van der Waals surface area (Å²) in [5, 5.41) is -0.282. The number of thiol groups is 1. The first kappa shape index (κ1) is 10.3. The van der Waals surface area contributed by atoms with E-state index in [1.807, 2.05) is 5.43 Å². The molecule has 0 aliphatic carbocycles. The number of carbonyl (C=O) groups is 1. The van der Waals surface area contributed by atoms with E-state index in [-0.39, 0.29) is 15.5 Å². The number of nitrogen functional groups attached to an aromatic ring is 1. The van der Waals surface area contributed by atoms with Gasteiger partial charge in [-0.1, -0.05) is 11.6 Å². The lowest BCUT2D eigenvalue weighted by atomic mass is 10.2. The highest BCUT2D eigenvalue weighted by Crippen LogP contribution is 2.25. The molecule has 0 aromatic heterocycles. The summed E-state index contributed by atoms with van der Waals surface area (Å²) >= 11 is 9.47. The van der Waals surface area contributed by atoms with E-state index in [1.165, 1.54) is 6.07 Å². The SMILES string of the molecule is NNC(=O)c1c(S)ccc(F)c1Cl. The Kier molecular flexibility index (Phi) is 3.13. The van der Waals surface area contributed by atoms with Crippen LogP contribution in [-0.4, -0.2) is 5.91 Å². The summed E-state index contributed by atoms with van der Waals surface area (Å²) in [7, 11) is 0. The van der Waals surface area contributed by atoms with Crippen molar-refractivity contribution in [2.24, 2.45) is 5.84 Å². The van der Waals surface area contributed by atoms with Crippen molar-refractivity contribution in [3.63, 3.8) is 0 Å². The van der Waals surface area contributed by atoms with Crippen LogP contribution < -0.4 is 11.3 Å². The molecule has 0 bridgehead atoms. The zero-order valence-electron chi connectivity index (χ0n) is 6.34. The molecule has 70 valence electrons. The summed E-state index contributed by atoms with van der Waals surface area (Å²) in [4.78, 5) is 11.3. The molecule has 0 saturated carbocycles. The fourth-order valence-electron chi connectivity index (χ4n) is 0.829. The molecule has 0 radical (unpaired) electrons. The lowest BCUT2D eigenvalue weighted by Crippen LogP contribution is -2.30. The molecule has 0 unspecified atom stereocenters. The summed E-state index contributed by atoms with van der Waals surface area (Å²) in [5.74, 6) is 3.52. The van der Waals surface area contributed by atoms with Gasteiger partial charge < -0.3 is 0 Å². The Morgan fingerprint density at radius 3 is 2.77 bits per heavy atom. The molecule has 0 aliphatic heterocycles. The number of hydrogen-bond acceptors (Lipinski definition) is 3. The van der Waals surface area contributed by atoms with Gasteiger partial charge in [0.05, 0.1) is 10.6 Å². The molecule has 1 aromatic carbocycles. The maximum absolute atomic E-state index is 12.9. The minimum Gasteiger partial charge on any atom is -0.290 e. The number of rotatable bonds is 1. The van der Waals surface area contributed by atoms with E-state index in [9.17, 15) is 9.18 Å². The highest BCUT2D eigenvalue weighted by molar-refractivity contribution is 7.80. The van der Waals surface area contributed by atoms with Gasteiger partial charge in [0.1, 0.15) is 5.82 Å². The second-order valence-corrected chi connectivity index (χ2v) is 3.09. The second kappa shape index (κ2) is 3.95. The molecule has 0 atom stereocenters. The number of carbonyl (C=O) groups excluding carboxylic acids is 1. The first-order chi connectivity index (χ1) is 6.07. The largest absolute Gasteiger partial charge is 0.290 e. The summed E-state index contributed by atoms with van der Waals surface area (Å²) in [6, 6.07) is 2.45. The zero-order chi connectivity index (χ0) is 10.0. The second-order valence-electron chi connectivity index (χ2n) is 2.23.